The van der Waals surface area contributed by atoms with E-state index in [0.717, 1.165) is 121 Å². The SMILES string of the molecule is CCCCCCCCCC1(CCCCCCCCC)c2ccc3nsnc3c2-c2c(F)c3c(c(F)c21)-c1c(ccc2nsnc12)C3(CCCCCCCCC)CCCCCCCCC. The Balaban J connectivity index is 1.39. The first-order valence-corrected chi connectivity index (χ1v) is 28.0. The second-order valence-electron chi connectivity index (χ2n) is 20.0. The fraction of sp³-hybridized carbons (Fsp3) is 0.679. The number of hydrogen-bond acceptors (Lipinski definition) is 6. The molecule has 0 N–H and O–H groups in total. The standard InChI is InChI=1S/C56H80F2N4S2/c1-5-9-13-17-21-25-29-37-55(38-30-26-22-18-14-10-6-2)41-33-35-43-53(61-63-59-43)45(41)47-49(55)51(57)48-46-42(34-36-44-54(46)62-64-60-44)56(50(48)52(47)58,39-31-27-23-19-15-11-7-3)40-32-28-24-20-16-12-8-4/h33-36H,5-32,37-40H2,1-4H3. The molecule has 0 saturated heterocycles. The molecule has 0 fully saturated rings. The van der Waals surface area contributed by atoms with E-state index in [4.69, 9.17) is 17.5 Å². The van der Waals surface area contributed by atoms with E-state index in [1.807, 2.05) is 0 Å². The van der Waals surface area contributed by atoms with Crippen LogP contribution in [0.2, 0.25) is 0 Å². The van der Waals surface area contributed by atoms with Gasteiger partial charge in [0.2, 0.25) is 0 Å². The second-order valence-corrected chi connectivity index (χ2v) is 21.1. The molecule has 0 amide bonds. The van der Waals surface area contributed by atoms with Gasteiger partial charge in [-0.15, -0.1) is 0 Å². The van der Waals surface area contributed by atoms with Gasteiger partial charge < -0.3 is 0 Å². The first kappa shape index (κ1) is 49.1. The van der Waals surface area contributed by atoms with Gasteiger partial charge in [-0.2, -0.15) is 17.5 Å². The average Bonchev–Trinajstić information content (AvgIpc) is 4.10. The van der Waals surface area contributed by atoms with Crippen molar-refractivity contribution in [3.05, 3.63) is 58.2 Å². The number of benzene rings is 3. The minimum absolute atomic E-state index is 0.201. The molecule has 8 heteroatoms. The van der Waals surface area contributed by atoms with Crippen molar-refractivity contribution in [2.75, 3.05) is 0 Å². The molecule has 64 heavy (non-hydrogen) atoms. The molecule has 2 aliphatic rings. The van der Waals surface area contributed by atoms with Gasteiger partial charge in [0.25, 0.3) is 0 Å². The largest absolute Gasteiger partial charge is 0.206 e. The van der Waals surface area contributed by atoms with E-state index in [-0.39, 0.29) is 11.6 Å². The van der Waals surface area contributed by atoms with E-state index in [9.17, 15) is 0 Å². The van der Waals surface area contributed by atoms with Gasteiger partial charge in [0.15, 0.2) is 0 Å². The molecular weight excluding hydrogens is 831 g/mol. The molecule has 3 aromatic carbocycles. The summed E-state index contributed by atoms with van der Waals surface area (Å²) in [6.45, 7) is 9.08. The lowest BCUT2D eigenvalue weighted by Gasteiger charge is -2.35. The van der Waals surface area contributed by atoms with E-state index in [0.29, 0.717) is 22.3 Å². The van der Waals surface area contributed by atoms with Crippen molar-refractivity contribution in [3.63, 3.8) is 0 Å². The number of fused-ring (bicyclic) bond motifs is 10. The maximum Gasteiger partial charge on any atom is 0.136 e. The van der Waals surface area contributed by atoms with Gasteiger partial charge in [-0.25, -0.2) is 8.78 Å². The van der Waals surface area contributed by atoms with Crippen LogP contribution in [0.15, 0.2) is 24.3 Å². The van der Waals surface area contributed by atoms with E-state index >= 15 is 8.78 Å². The quantitative estimate of drug-likeness (QED) is 0.0403. The van der Waals surface area contributed by atoms with Gasteiger partial charge in [-0.05, 0) is 48.9 Å². The monoisotopic (exact) mass is 911 g/mol. The van der Waals surface area contributed by atoms with Gasteiger partial charge in [0.05, 0.1) is 23.5 Å². The third-order valence-corrected chi connectivity index (χ3v) is 16.6. The molecule has 2 heterocycles. The lowest BCUT2D eigenvalue weighted by molar-refractivity contribution is 0.374. The zero-order valence-electron chi connectivity index (χ0n) is 40.3. The number of nitrogens with zero attached hydrogens (tertiary/aromatic N) is 4. The summed E-state index contributed by atoms with van der Waals surface area (Å²) in [5.74, 6) is -0.403. The summed E-state index contributed by atoms with van der Waals surface area (Å²) in [4.78, 5) is 0. The van der Waals surface area contributed by atoms with Gasteiger partial charge in [0, 0.05) is 44.2 Å². The Kier molecular flexibility index (Phi) is 18.6. The van der Waals surface area contributed by atoms with Gasteiger partial charge in [-0.3, -0.25) is 0 Å². The Morgan fingerprint density at radius 3 is 0.938 bits per heavy atom. The van der Waals surface area contributed by atoms with Gasteiger partial charge in [0.1, 0.15) is 33.7 Å². The van der Waals surface area contributed by atoms with Crippen molar-refractivity contribution in [1.82, 2.24) is 17.5 Å². The molecule has 5 aromatic rings. The van der Waals surface area contributed by atoms with Crippen LogP contribution in [0.1, 0.15) is 255 Å². The van der Waals surface area contributed by atoms with Crippen LogP contribution in [-0.2, 0) is 10.8 Å². The maximum atomic E-state index is 19.2. The normalized spacial score (nSPS) is 14.5. The van der Waals surface area contributed by atoms with Crippen LogP contribution >= 0.6 is 23.5 Å². The third kappa shape index (κ3) is 10.3. The summed E-state index contributed by atoms with van der Waals surface area (Å²) in [7, 11) is 0. The highest BCUT2D eigenvalue weighted by Gasteiger charge is 2.54. The Morgan fingerprint density at radius 2 is 0.641 bits per heavy atom. The zero-order chi connectivity index (χ0) is 44.8. The summed E-state index contributed by atoms with van der Waals surface area (Å²) < 4.78 is 57.6. The molecule has 7 rings (SSSR count). The molecule has 0 bridgehead atoms. The molecule has 0 atom stereocenters. The third-order valence-electron chi connectivity index (χ3n) is 15.6. The highest BCUT2D eigenvalue weighted by atomic mass is 32.1. The minimum atomic E-state index is -0.647. The average molecular weight is 911 g/mol. The van der Waals surface area contributed by atoms with Crippen molar-refractivity contribution < 1.29 is 8.78 Å². The van der Waals surface area contributed by atoms with Crippen LogP contribution in [-0.4, -0.2) is 17.5 Å². The molecule has 0 aliphatic heterocycles. The van der Waals surface area contributed by atoms with Crippen LogP contribution in [0.3, 0.4) is 0 Å². The van der Waals surface area contributed by atoms with E-state index < -0.39 is 10.8 Å². The topological polar surface area (TPSA) is 51.6 Å². The molecule has 350 valence electrons. The van der Waals surface area contributed by atoms with E-state index in [2.05, 4.69) is 52.0 Å². The summed E-state index contributed by atoms with van der Waals surface area (Å²) >= 11 is 2.39. The molecule has 0 unspecified atom stereocenters. The highest BCUT2D eigenvalue weighted by Crippen LogP contribution is 2.64. The summed E-state index contributed by atoms with van der Waals surface area (Å²) in [6, 6.07) is 8.57. The van der Waals surface area contributed by atoms with Gasteiger partial charge >= 0.3 is 0 Å². The molecule has 2 aliphatic carbocycles. The number of unbranched alkanes of at least 4 members (excludes halogenated alkanes) is 24. The molecular formula is C56H80F2N4S2. The number of aromatic nitrogens is 4. The van der Waals surface area contributed by atoms with Crippen molar-refractivity contribution in [2.45, 2.75) is 244 Å². The molecule has 0 spiro atoms. The fourth-order valence-corrected chi connectivity index (χ4v) is 13.2. The Hall–Kier alpha value is -2.84. The van der Waals surface area contributed by atoms with Crippen LogP contribution < -0.4 is 0 Å². The lowest BCUT2D eigenvalue weighted by atomic mass is 9.68. The Morgan fingerprint density at radius 1 is 0.359 bits per heavy atom. The summed E-state index contributed by atoms with van der Waals surface area (Å²) in [5.41, 5.74) is 7.78. The predicted molar refractivity (Wildman–Crippen MR) is 271 cm³/mol. The van der Waals surface area contributed by atoms with Gasteiger partial charge in [-0.1, -0.05) is 220 Å². The molecule has 0 saturated carbocycles. The Bertz CT molecular complexity index is 2030. The first-order valence-electron chi connectivity index (χ1n) is 26.6. The lowest BCUT2D eigenvalue weighted by Crippen LogP contribution is -2.29. The summed E-state index contributed by atoms with van der Waals surface area (Å²) in [6.07, 6.45) is 36.4. The zero-order valence-corrected chi connectivity index (χ0v) is 41.9. The van der Waals surface area contributed by atoms with E-state index in [1.165, 1.54) is 152 Å². The van der Waals surface area contributed by atoms with Crippen LogP contribution in [0.25, 0.3) is 44.3 Å². The van der Waals surface area contributed by atoms with Crippen molar-refractivity contribution in [3.8, 4) is 22.3 Å². The van der Waals surface area contributed by atoms with E-state index in [1.54, 1.807) is 0 Å². The second kappa shape index (κ2) is 24.3. The van der Waals surface area contributed by atoms with Crippen molar-refractivity contribution in [2.24, 2.45) is 0 Å². The fourth-order valence-electron chi connectivity index (χ4n) is 12.2. The summed E-state index contributed by atoms with van der Waals surface area (Å²) in [5, 5.41) is 0. The first-order chi connectivity index (χ1) is 31.5. The predicted octanol–water partition coefficient (Wildman–Crippen LogP) is 19.1. The van der Waals surface area contributed by atoms with Crippen LogP contribution in [0.5, 0.6) is 0 Å². The maximum absolute atomic E-state index is 19.2. The number of hydrogen-bond donors (Lipinski definition) is 0. The smallest absolute Gasteiger partial charge is 0.136 e. The van der Waals surface area contributed by atoms with Crippen molar-refractivity contribution in [1.29, 1.82) is 0 Å². The highest BCUT2D eigenvalue weighted by molar-refractivity contribution is 7.00. The molecule has 0 radical (unpaired) electrons. The Labute approximate surface area is 394 Å². The van der Waals surface area contributed by atoms with Crippen molar-refractivity contribution >= 4 is 45.5 Å². The van der Waals surface area contributed by atoms with Crippen LogP contribution in [0, 0.1) is 11.6 Å². The molecule has 4 nitrogen and oxygen atoms in total. The number of halogens is 2. The molecule has 2 aromatic heterocycles. The van der Waals surface area contributed by atoms with Crippen LogP contribution in [0.4, 0.5) is 8.78 Å². The minimum Gasteiger partial charge on any atom is -0.206 e. The number of rotatable bonds is 32.